The molecule has 0 amide bonds. The zero-order valence-electron chi connectivity index (χ0n) is 9.03. The third kappa shape index (κ3) is 2.22. The minimum Gasteiger partial charge on any atom is -0.481 e. The fraction of sp³-hybridized carbons (Fsp3) is 0.462. The average molecular weight is 239 g/mol. The van der Waals surface area contributed by atoms with E-state index >= 15 is 0 Å². The van der Waals surface area contributed by atoms with E-state index in [-0.39, 0.29) is 11.8 Å². The minimum absolute atomic E-state index is 0.0833. The van der Waals surface area contributed by atoms with E-state index in [0.29, 0.717) is 5.02 Å². The largest absolute Gasteiger partial charge is 0.481 e. The highest BCUT2D eigenvalue weighted by Crippen LogP contribution is 2.40. The first-order valence-electron chi connectivity index (χ1n) is 5.67. The maximum atomic E-state index is 11.2. The van der Waals surface area contributed by atoms with Crippen molar-refractivity contribution >= 4 is 17.6 Å². The molecule has 0 saturated heterocycles. The van der Waals surface area contributed by atoms with Crippen LogP contribution in [0.4, 0.5) is 0 Å². The van der Waals surface area contributed by atoms with E-state index in [2.05, 4.69) is 0 Å². The molecule has 1 aromatic carbocycles. The average Bonchev–Trinajstić information content (AvgIpc) is 2.29. The summed E-state index contributed by atoms with van der Waals surface area (Å²) in [5, 5.41) is 9.91. The quantitative estimate of drug-likeness (QED) is 0.853. The fourth-order valence-corrected chi connectivity index (χ4v) is 2.85. The van der Waals surface area contributed by atoms with Crippen molar-refractivity contribution in [2.45, 2.75) is 31.6 Å². The first-order chi connectivity index (χ1) is 7.70. The topological polar surface area (TPSA) is 37.3 Å². The zero-order valence-corrected chi connectivity index (χ0v) is 9.78. The molecule has 2 unspecified atom stereocenters. The van der Waals surface area contributed by atoms with Crippen molar-refractivity contribution in [2.75, 3.05) is 0 Å². The van der Waals surface area contributed by atoms with Crippen molar-refractivity contribution in [1.82, 2.24) is 0 Å². The lowest BCUT2D eigenvalue weighted by Crippen LogP contribution is -2.25. The van der Waals surface area contributed by atoms with Gasteiger partial charge in [0.05, 0.1) is 5.92 Å². The minimum atomic E-state index is -0.690. The van der Waals surface area contributed by atoms with E-state index < -0.39 is 5.97 Å². The molecule has 1 N–H and O–H groups in total. The Labute approximate surface area is 100 Å². The molecular weight excluding hydrogens is 224 g/mol. The molecule has 0 aliphatic heterocycles. The van der Waals surface area contributed by atoms with Gasteiger partial charge in [0.25, 0.3) is 0 Å². The molecule has 16 heavy (non-hydrogen) atoms. The van der Waals surface area contributed by atoms with Gasteiger partial charge in [-0.05, 0) is 30.4 Å². The molecule has 2 rings (SSSR count). The van der Waals surface area contributed by atoms with Crippen LogP contribution in [0.1, 0.15) is 37.2 Å². The highest BCUT2D eigenvalue weighted by Gasteiger charge is 2.32. The van der Waals surface area contributed by atoms with Crippen molar-refractivity contribution in [1.29, 1.82) is 0 Å². The second kappa shape index (κ2) is 4.88. The number of halogens is 1. The Balaban J connectivity index is 2.30. The molecule has 0 spiro atoms. The normalized spacial score (nSPS) is 25.3. The van der Waals surface area contributed by atoms with Gasteiger partial charge in [0.2, 0.25) is 0 Å². The molecule has 0 aromatic heterocycles. The lowest BCUT2D eigenvalue weighted by molar-refractivity contribution is -0.143. The lowest BCUT2D eigenvalue weighted by atomic mass is 9.75. The number of rotatable bonds is 2. The number of carboxylic acid groups (broad SMARTS) is 1. The molecular formula is C13H15ClO2. The van der Waals surface area contributed by atoms with Crippen LogP contribution in [0.25, 0.3) is 0 Å². The molecule has 1 saturated carbocycles. The Morgan fingerprint density at radius 1 is 1.25 bits per heavy atom. The van der Waals surface area contributed by atoms with Crippen molar-refractivity contribution < 1.29 is 9.90 Å². The summed E-state index contributed by atoms with van der Waals surface area (Å²) in [6, 6.07) is 7.60. The van der Waals surface area contributed by atoms with Crippen LogP contribution < -0.4 is 0 Å². The van der Waals surface area contributed by atoms with Gasteiger partial charge in [-0.15, -0.1) is 0 Å². The van der Waals surface area contributed by atoms with Crippen LogP contribution >= 0.6 is 11.6 Å². The highest BCUT2D eigenvalue weighted by atomic mass is 35.5. The van der Waals surface area contributed by atoms with Gasteiger partial charge in [-0.1, -0.05) is 42.6 Å². The molecule has 1 aliphatic rings. The summed E-state index contributed by atoms with van der Waals surface area (Å²) in [5.41, 5.74) is 0.997. The summed E-state index contributed by atoms with van der Waals surface area (Å²) in [6.07, 6.45) is 3.81. The van der Waals surface area contributed by atoms with E-state index in [1.807, 2.05) is 24.3 Å². The number of benzene rings is 1. The molecule has 1 aliphatic carbocycles. The number of carbonyl (C=O) groups is 1. The summed E-state index contributed by atoms with van der Waals surface area (Å²) in [7, 11) is 0. The Morgan fingerprint density at radius 3 is 2.62 bits per heavy atom. The maximum absolute atomic E-state index is 11.2. The van der Waals surface area contributed by atoms with Crippen LogP contribution in [0.3, 0.4) is 0 Å². The molecule has 0 bridgehead atoms. The molecule has 1 fully saturated rings. The molecule has 0 heterocycles. The molecule has 3 heteroatoms. The lowest BCUT2D eigenvalue weighted by Gasteiger charge is -2.29. The summed E-state index contributed by atoms with van der Waals surface area (Å²) in [5.74, 6) is -0.877. The molecule has 0 radical (unpaired) electrons. The van der Waals surface area contributed by atoms with Crippen LogP contribution in [0, 0.1) is 5.92 Å². The first-order valence-corrected chi connectivity index (χ1v) is 6.05. The van der Waals surface area contributed by atoms with E-state index in [9.17, 15) is 9.90 Å². The van der Waals surface area contributed by atoms with E-state index in [1.165, 1.54) is 0 Å². The third-order valence-corrected chi connectivity index (χ3v) is 3.73. The Kier molecular flexibility index (Phi) is 3.49. The Morgan fingerprint density at radius 2 is 1.94 bits per heavy atom. The third-order valence-electron chi connectivity index (χ3n) is 3.39. The van der Waals surface area contributed by atoms with Crippen molar-refractivity contribution in [3.8, 4) is 0 Å². The van der Waals surface area contributed by atoms with Gasteiger partial charge in [0.1, 0.15) is 0 Å². The number of hydrogen-bond donors (Lipinski definition) is 1. The molecule has 2 atom stereocenters. The van der Waals surface area contributed by atoms with Gasteiger partial charge in [0.15, 0.2) is 0 Å². The predicted molar refractivity (Wildman–Crippen MR) is 63.8 cm³/mol. The maximum Gasteiger partial charge on any atom is 0.307 e. The van der Waals surface area contributed by atoms with Crippen LogP contribution in [0.2, 0.25) is 5.02 Å². The van der Waals surface area contributed by atoms with Gasteiger partial charge in [-0.25, -0.2) is 0 Å². The van der Waals surface area contributed by atoms with Gasteiger partial charge in [0, 0.05) is 5.02 Å². The van der Waals surface area contributed by atoms with E-state index in [4.69, 9.17) is 11.6 Å². The molecule has 86 valence electrons. The monoisotopic (exact) mass is 238 g/mol. The SMILES string of the molecule is O=C(O)C1CCCCC1c1ccccc1Cl. The smallest absolute Gasteiger partial charge is 0.307 e. The summed E-state index contributed by atoms with van der Waals surface area (Å²) in [6.45, 7) is 0. The van der Waals surface area contributed by atoms with E-state index in [1.54, 1.807) is 0 Å². The van der Waals surface area contributed by atoms with Crippen molar-refractivity contribution in [3.05, 3.63) is 34.9 Å². The van der Waals surface area contributed by atoms with Crippen molar-refractivity contribution in [3.63, 3.8) is 0 Å². The second-order valence-electron chi connectivity index (χ2n) is 4.36. The molecule has 1 aromatic rings. The number of aliphatic carboxylic acids is 1. The zero-order chi connectivity index (χ0) is 11.5. The van der Waals surface area contributed by atoms with Gasteiger partial charge >= 0.3 is 5.97 Å². The predicted octanol–water partition coefficient (Wildman–Crippen LogP) is 3.70. The standard InChI is InChI=1S/C13H15ClO2/c14-12-8-4-3-6-10(12)9-5-1-2-7-11(9)13(15)16/h3-4,6,8-9,11H,1-2,5,7H2,(H,15,16). The second-order valence-corrected chi connectivity index (χ2v) is 4.76. The summed E-state index contributed by atoms with van der Waals surface area (Å²) in [4.78, 5) is 11.2. The Hall–Kier alpha value is -1.02. The van der Waals surface area contributed by atoms with Crippen LogP contribution in [0.5, 0.6) is 0 Å². The highest BCUT2D eigenvalue weighted by molar-refractivity contribution is 6.31. The fourth-order valence-electron chi connectivity index (χ4n) is 2.57. The molecule has 2 nitrogen and oxygen atoms in total. The first kappa shape index (κ1) is 11.5. The number of carboxylic acids is 1. The van der Waals surface area contributed by atoms with Gasteiger partial charge in [-0.3, -0.25) is 4.79 Å². The summed E-state index contributed by atoms with van der Waals surface area (Å²) >= 11 is 6.13. The Bertz CT molecular complexity index is 389. The van der Waals surface area contributed by atoms with Gasteiger partial charge < -0.3 is 5.11 Å². The van der Waals surface area contributed by atoms with Crippen molar-refractivity contribution in [2.24, 2.45) is 5.92 Å². The summed E-state index contributed by atoms with van der Waals surface area (Å²) < 4.78 is 0. The van der Waals surface area contributed by atoms with E-state index in [0.717, 1.165) is 31.2 Å². The number of hydrogen-bond acceptors (Lipinski definition) is 1. The van der Waals surface area contributed by atoms with Crippen LogP contribution in [-0.2, 0) is 4.79 Å². The van der Waals surface area contributed by atoms with Crippen LogP contribution in [-0.4, -0.2) is 11.1 Å². The van der Waals surface area contributed by atoms with Crippen LogP contribution in [0.15, 0.2) is 24.3 Å². The van der Waals surface area contributed by atoms with Gasteiger partial charge in [-0.2, -0.15) is 0 Å².